The van der Waals surface area contributed by atoms with E-state index in [2.05, 4.69) is 15.9 Å². The Hall–Kier alpha value is -0.870. The van der Waals surface area contributed by atoms with Gasteiger partial charge >= 0.3 is 0 Å². The lowest BCUT2D eigenvalue weighted by molar-refractivity contribution is -0.136. The lowest BCUT2D eigenvalue weighted by atomic mass is 9.96. The van der Waals surface area contributed by atoms with Crippen molar-refractivity contribution in [2.45, 2.75) is 51.2 Å². The number of amides is 1. The molecule has 1 aliphatic heterocycles. The number of likely N-dealkylation sites (tertiary alicyclic amines) is 1. The fourth-order valence-electron chi connectivity index (χ4n) is 2.89. The minimum atomic E-state index is -0.820. The third-order valence-corrected chi connectivity index (χ3v) is 4.73. The molecule has 1 aromatic rings. The quantitative estimate of drug-likeness (QED) is 0.915. The van der Waals surface area contributed by atoms with Crippen LogP contribution in [0.15, 0.2) is 28.7 Å². The summed E-state index contributed by atoms with van der Waals surface area (Å²) in [6, 6.07) is 7.94. The van der Waals surface area contributed by atoms with Crippen molar-refractivity contribution < 1.29 is 9.90 Å². The first-order chi connectivity index (χ1) is 9.39. The van der Waals surface area contributed by atoms with Gasteiger partial charge in [-0.15, -0.1) is 0 Å². The maximum atomic E-state index is 12.4. The molecule has 1 atom stereocenters. The monoisotopic (exact) mass is 339 g/mol. The second kappa shape index (κ2) is 6.27. The summed E-state index contributed by atoms with van der Waals surface area (Å²) in [6.45, 7) is 4.34. The summed E-state index contributed by atoms with van der Waals surface area (Å²) in [5, 5.41) is 10.2. The largest absolute Gasteiger partial charge is 0.388 e. The van der Waals surface area contributed by atoms with E-state index >= 15 is 0 Å². The van der Waals surface area contributed by atoms with E-state index < -0.39 is 5.60 Å². The van der Waals surface area contributed by atoms with E-state index in [1.54, 1.807) is 13.8 Å². The van der Waals surface area contributed by atoms with Crippen molar-refractivity contribution in [3.63, 3.8) is 0 Å². The number of nitrogens with zero attached hydrogens (tertiary/aromatic N) is 1. The Balaban J connectivity index is 1.97. The molecule has 1 N–H and O–H groups in total. The molecule has 20 heavy (non-hydrogen) atoms. The van der Waals surface area contributed by atoms with Crippen molar-refractivity contribution in [3.05, 3.63) is 34.3 Å². The van der Waals surface area contributed by atoms with Gasteiger partial charge in [0.15, 0.2) is 0 Å². The molecule has 1 saturated heterocycles. The summed E-state index contributed by atoms with van der Waals surface area (Å²) in [5.41, 5.74) is 0.333. The van der Waals surface area contributed by atoms with Crippen LogP contribution < -0.4 is 0 Å². The van der Waals surface area contributed by atoms with Gasteiger partial charge in [0, 0.05) is 17.4 Å². The molecule has 0 saturated carbocycles. The van der Waals surface area contributed by atoms with Crippen LogP contribution in [0.1, 0.15) is 38.7 Å². The highest BCUT2D eigenvalue weighted by atomic mass is 79.9. The van der Waals surface area contributed by atoms with Gasteiger partial charge in [-0.05, 0) is 44.7 Å². The number of carbonyl (C=O) groups excluding carboxylic acids is 1. The van der Waals surface area contributed by atoms with Crippen LogP contribution in [0.5, 0.6) is 0 Å². The summed E-state index contributed by atoms with van der Waals surface area (Å²) in [6.07, 6.45) is 3.10. The summed E-state index contributed by atoms with van der Waals surface area (Å²) < 4.78 is 1.05. The lowest BCUT2D eigenvalue weighted by Gasteiger charge is -2.34. The molecule has 4 heteroatoms. The molecule has 0 aromatic heterocycles. The van der Waals surface area contributed by atoms with Gasteiger partial charge in [-0.3, -0.25) is 4.79 Å². The predicted molar refractivity (Wildman–Crippen MR) is 83.5 cm³/mol. The Bertz CT molecular complexity index is 482. The maximum Gasteiger partial charge on any atom is 0.223 e. The minimum absolute atomic E-state index is 0.0470. The van der Waals surface area contributed by atoms with Crippen molar-refractivity contribution in [1.82, 2.24) is 4.90 Å². The third kappa shape index (κ3) is 3.61. The van der Waals surface area contributed by atoms with Crippen molar-refractivity contribution in [3.8, 4) is 0 Å². The molecular formula is C16H22BrNO2. The van der Waals surface area contributed by atoms with E-state index in [4.69, 9.17) is 0 Å². The highest BCUT2D eigenvalue weighted by Gasteiger charge is 2.37. The van der Waals surface area contributed by atoms with Crippen LogP contribution >= 0.6 is 15.9 Å². The van der Waals surface area contributed by atoms with Crippen LogP contribution in [-0.4, -0.2) is 34.1 Å². The summed E-state index contributed by atoms with van der Waals surface area (Å²) in [5.74, 6) is 0.144. The second-order valence-corrected chi connectivity index (χ2v) is 6.84. The SMILES string of the molecule is CC(C)(O)C1CCCN1C(=O)CCc1ccccc1Br. The average Bonchev–Trinajstić information content (AvgIpc) is 2.86. The molecule has 110 valence electrons. The predicted octanol–water partition coefficient (Wildman–Crippen LogP) is 3.14. The van der Waals surface area contributed by atoms with Crippen LogP contribution in [0.25, 0.3) is 0 Å². The molecule has 1 aliphatic rings. The first-order valence-electron chi connectivity index (χ1n) is 7.15. The molecule has 1 heterocycles. The van der Waals surface area contributed by atoms with Crippen molar-refractivity contribution in [1.29, 1.82) is 0 Å². The van der Waals surface area contributed by atoms with Gasteiger partial charge in [-0.1, -0.05) is 34.1 Å². The van der Waals surface area contributed by atoms with Gasteiger partial charge < -0.3 is 10.0 Å². The highest BCUT2D eigenvalue weighted by molar-refractivity contribution is 9.10. The molecule has 0 radical (unpaired) electrons. The average molecular weight is 340 g/mol. The van der Waals surface area contributed by atoms with Gasteiger partial charge in [-0.25, -0.2) is 0 Å². The van der Waals surface area contributed by atoms with Crippen LogP contribution in [-0.2, 0) is 11.2 Å². The number of halogens is 1. The zero-order chi connectivity index (χ0) is 14.8. The van der Waals surface area contributed by atoms with E-state index in [0.29, 0.717) is 6.42 Å². The Kier molecular flexibility index (Phi) is 4.86. The van der Waals surface area contributed by atoms with Crippen LogP contribution in [0.2, 0.25) is 0 Å². The third-order valence-electron chi connectivity index (χ3n) is 3.95. The van der Waals surface area contributed by atoms with Gasteiger partial charge in [0.2, 0.25) is 5.91 Å². The van der Waals surface area contributed by atoms with Crippen LogP contribution in [0.4, 0.5) is 0 Å². The molecule has 0 bridgehead atoms. The summed E-state index contributed by atoms with van der Waals surface area (Å²) >= 11 is 3.51. The fraction of sp³-hybridized carbons (Fsp3) is 0.562. The molecule has 3 nitrogen and oxygen atoms in total. The van der Waals surface area contributed by atoms with Crippen molar-refractivity contribution in [2.75, 3.05) is 6.54 Å². The van der Waals surface area contributed by atoms with Crippen molar-refractivity contribution in [2.24, 2.45) is 0 Å². The Morgan fingerprint density at radius 3 is 2.80 bits per heavy atom. The molecule has 1 amide bonds. The number of hydrogen-bond donors (Lipinski definition) is 1. The standard InChI is InChI=1S/C16H22BrNO2/c1-16(2,20)14-8-5-11-18(14)15(19)10-9-12-6-3-4-7-13(12)17/h3-4,6-7,14,20H,5,8-11H2,1-2H3. The molecule has 1 fully saturated rings. The smallest absolute Gasteiger partial charge is 0.223 e. The van der Waals surface area contributed by atoms with Gasteiger partial charge in [0.05, 0.1) is 11.6 Å². The van der Waals surface area contributed by atoms with Gasteiger partial charge in [-0.2, -0.15) is 0 Å². The van der Waals surface area contributed by atoms with E-state index in [0.717, 1.165) is 35.8 Å². The highest BCUT2D eigenvalue weighted by Crippen LogP contribution is 2.28. The lowest BCUT2D eigenvalue weighted by Crippen LogP contribution is -2.48. The molecule has 2 rings (SSSR count). The van der Waals surface area contributed by atoms with Gasteiger partial charge in [0.25, 0.3) is 0 Å². The Morgan fingerprint density at radius 1 is 1.45 bits per heavy atom. The second-order valence-electron chi connectivity index (χ2n) is 5.99. The zero-order valence-corrected chi connectivity index (χ0v) is 13.7. The fourth-order valence-corrected chi connectivity index (χ4v) is 3.37. The van der Waals surface area contributed by atoms with Gasteiger partial charge in [0.1, 0.15) is 0 Å². The Labute approximate surface area is 129 Å². The molecular weight excluding hydrogens is 318 g/mol. The first kappa shape index (κ1) is 15.5. The Morgan fingerprint density at radius 2 is 2.15 bits per heavy atom. The van der Waals surface area contributed by atoms with Crippen LogP contribution in [0.3, 0.4) is 0 Å². The molecule has 1 unspecified atom stereocenters. The number of carbonyl (C=O) groups is 1. The summed E-state index contributed by atoms with van der Waals surface area (Å²) in [4.78, 5) is 14.2. The number of aryl methyl sites for hydroxylation is 1. The normalized spacial score (nSPS) is 19.4. The topological polar surface area (TPSA) is 40.5 Å². The number of rotatable bonds is 4. The maximum absolute atomic E-state index is 12.4. The van der Waals surface area contributed by atoms with Crippen molar-refractivity contribution >= 4 is 21.8 Å². The molecule has 0 aliphatic carbocycles. The van der Waals surface area contributed by atoms with Crippen LogP contribution in [0, 0.1) is 0 Å². The van der Waals surface area contributed by atoms with E-state index in [1.165, 1.54) is 0 Å². The minimum Gasteiger partial charge on any atom is -0.388 e. The molecule has 0 spiro atoms. The summed E-state index contributed by atoms with van der Waals surface area (Å²) in [7, 11) is 0. The van der Waals surface area contributed by atoms with E-state index in [1.807, 2.05) is 29.2 Å². The molecule has 1 aromatic carbocycles. The first-order valence-corrected chi connectivity index (χ1v) is 7.94. The number of hydrogen-bond acceptors (Lipinski definition) is 2. The van der Waals surface area contributed by atoms with E-state index in [9.17, 15) is 9.90 Å². The number of benzene rings is 1. The number of aliphatic hydroxyl groups is 1. The van der Waals surface area contributed by atoms with E-state index in [-0.39, 0.29) is 11.9 Å². The zero-order valence-electron chi connectivity index (χ0n) is 12.1.